The van der Waals surface area contributed by atoms with Crippen molar-refractivity contribution in [2.24, 2.45) is 5.73 Å². The number of rotatable bonds is 4. The van der Waals surface area contributed by atoms with E-state index in [4.69, 9.17) is 5.73 Å². The van der Waals surface area contributed by atoms with Gasteiger partial charge in [-0.05, 0) is 46.2 Å². The van der Waals surface area contributed by atoms with Crippen molar-refractivity contribution in [3.8, 4) is 0 Å². The summed E-state index contributed by atoms with van der Waals surface area (Å²) in [6.45, 7) is 3.83. The average molecular weight is 239 g/mol. The van der Waals surface area contributed by atoms with Crippen LogP contribution in [-0.4, -0.2) is 54.0 Å². The van der Waals surface area contributed by atoms with Crippen LogP contribution in [0.1, 0.15) is 39.0 Å². The predicted octanol–water partition coefficient (Wildman–Crippen LogP) is 0.809. The molecular formula is C13H25N3O. The molecule has 0 aromatic carbocycles. The molecule has 2 atom stereocenters. The lowest BCUT2D eigenvalue weighted by Gasteiger charge is -2.37. The summed E-state index contributed by atoms with van der Waals surface area (Å²) in [7, 11) is 2.17. The summed E-state index contributed by atoms with van der Waals surface area (Å²) < 4.78 is 0. The van der Waals surface area contributed by atoms with E-state index in [1.165, 1.54) is 19.3 Å². The number of piperidine rings is 1. The molecule has 0 unspecified atom stereocenters. The van der Waals surface area contributed by atoms with Crippen LogP contribution in [0.2, 0.25) is 0 Å². The van der Waals surface area contributed by atoms with Gasteiger partial charge in [-0.25, -0.2) is 0 Å². The van der Waals surface area contributed by atoms with Gasteiger partial charge in [0, 0.05) is 18.6 Å². The van der Waals surface area contributed by atoms with Gasteiger partial charge < -0.3 is 15.5 Å². The molecule has 1 heterocycles. The van der Waals surface area contributed by atoms with Gasteiger partial charge in [-0.2, -0.15) is 0 Å². The molecule has 2 fully saturated rings. The monoisotopic (exact) mass is 239 g/mol. The summed E-state index contributed by atoms with van der Waals surface area (Å²) >= 11 is 0. The molecule has 1 aliphatic carbocycles. The van der Waals surface area contributed by atoms with E-state index in [1.807, 2.05) is 4.90 Å². The lowest BCUT2D eigenvalue weighted by molar-refractivity contribution is -0.133. The Labute approximate surface area is 104 Å². The molecule has 1 saturated heterocycles. The molecule has 2 aliphatic rings. The number of nitrogens with two attached hydrogens (primary N) is 1. The van der Waals surface area contributed by atoms with Gasteiger partial charge in [0.1, 0.15) is 0 Å². The third-order valence-corrected chi connectivity index (χ3v) is 3.99. The summed E-state index contributed by atoms with van der Waals surface area (Å²) in [5, 5.41) is 0. The van der Waals surface area contributed by atoms with Gasteiger partial charge in [-0.1, -0.05) is 6.42 Å². The number of hydrogen-bond acceptors (Lipinski definition) is 3. The molecule has 17 heavy (non-hydrogen) atoms. The number of nitrogens with zero attached hydrogens (tertiary/aromatic N) is 2. The molecule has 0 radical (unpaired) electrons. The fourth-order valence-corrected chi connectivity index (χ4v) is 2.67. The minimum atomic E-state index is -0.357. The van der Waals surface area contributed by atoms with E-state index in [0.717, 1.165) is 25.9 Å². The Bertz CT molecular complexity index is 276. The van der Waals surface area contributed by atoms with E-state index in [-0.39, 0.29) is 11.9 Å². The zero-order valence-electron chi connectivity index (χ0n) is 11.1. The number of likely N-dealkylation sites (N-methyl/N-ethyl adjacent to an activating group) is 1. The van der Waals surface area contributed by atoms with Crippen LogP contribution in [0.3, 0.4) is 0 Å². The molecule has 0 bridgehead atoms. The topological polar surface area (TPSA) is 49.6 Å². The van der Waals surface area contributed by atoms with Crippen LogP contribution in [0.25, 0.3) is 0 Å². The van der Waals surface area contributed by atoms with Crippen molar-refractivity contribution in [3.05, 3.63) is 0 Å². The second-order valence-corrected chi connectivity index (χ2v) is 5.64. The molecule has 1 aliphatic heterocycles. The first-order valence-electron chi connectivity index (χ1n) is 6.86. The van der Waals surface area contributed by atoms with Gasteiger partial charge in [0.2, 0.25) is 5.91 Å². The quantitative estimate of drug-likeness (QED) is 0.790. The maximum atomic E-state index is 12.1. The van der Waals surface area contributed by atoms with Gasteiger partial charge in [0.25, 0.3) is 0 Å². The fraction of sp³-hybridized carbons (Fsp3) is 0.923. The van der Waals surface area contributed by atoms with Gasteiger partial charge in [0.15, 0.2) is 0 Å². The van der Waals surface area contributed by atoms with Crippen molar-refractivity contribution in [1.29, 1.82) is 0 Å². The smallest absolute Gasteiger partial charge is 0.239 e. The Morgan fingerprint density at radius 3 is 2.65 bits per heavy atom. The summed E-state index contributed by atoms with van der Waals surface area (Å²) in [6, 6.07) is 0.653. The summed E-state index contributed by atoms with van der Waals surface area (Å²) in [4.78, 5) is 16.5. The van der Waals surface area contributed by atoms with Gasteiger partial charge >= 0.3 is 0 Å². The summed E-state index contributed by atoms with van der Waals surface area (Å²) in [5.41, 5.74) is 5.74. The summed E-state index contributed by atoms with van der Waals surface area (Å²) in [6.07, 6.45) is 6.12. The fourth-order valence-electron chi connectivity index (χ4n) is 2.67. The minimum absolute atomic E-state index is 0.131. The number of carbonyl (C=O) groups is 1. The van der Waals surface area contributed by atoms with Crippen molar-refractivity contribution in [2.75, 3.05) is 20.1 Å². The van der Waals surface area contributed by atoms with Crippen LogP contribution >= 0.6 is 0 Å². The van der Waals surface area contributed by atoms with E-state index in [2.05, 4.69) is 11.9 Å². The molecule has 2 N–H and O–H groups in total. The summed E-state index contributed by atoms with van der Waals surface area (Å²) in [5.74, 6) is 0.131. The van der Waals surface area contributed by atoms with E-state index in [9.17, 15) is 4.79 Å². The third-order valence-electron chi connectivity index (χ3n) is 3.99. The average Bonchev–Trinajstić information content (AvgIpc) is 3.11. The van der Waals surface area contributed by atoms with Crippen molar-refractivity contribution >= 4 is 5.91 Å². The van der Waals surface area contributed by atoms with Crippen LogP contribution in [0, 0.1) is 0 Å². The molecule has 0 aromatic heterocycles. The SMILES string of the molecule is C[C@H](N)C(=O)N(C[C@H]1CCCCN1C)C1CC1. The molecule has 0 spiro atoms. The zero-order chi connectivity index (χ0) is 12.4. The molecule has 2 rings (SSSR count). The first-order valence-corrected chi connectivity index (χ1v) is 6.86. The van der Waals surface area contributed by atoms with Crippen molar-refractivity contribution in [2.45, 2.75) is 57.2 Å². The highest BCUT2D eigenvalue weighted by molar-refractivity contribution is 5.81. The van der Waals surface area contributed by atoms with Gasteiger partial charge in [-0.15, -0.1) is 0 Å². The minimum Gasteiger partial charge on any atom is -0.337 e. The normalized spacial score (nSPS) is 27.8. The van der Waals surface area contributed by atoms with Crippen LogP contribution < -0.4 is 5.73 Å². The zero-order valence-corrected chi connectivity index (χ0v) is 11.1. The number of hydrogen-bond donors (Lipinski definition) is 1. The molecular weight excluding hydrogens is 214 g/mol. The molecule has 1 amide bonds. The Kier molecular flexibility index (Phi) is 4.05. The Morgan fingerprint density at radius 2 is 2.12 bits per heavy atom. The lowest BCUT2D eigenvalue weighted by Crippen LogP contribution is -2.51. The van der Waals surface area contributed by atoms with E-state index < -0.39 is 0 Å². The Morgan fingerprint density at radius 1 is 1.41 bits per heavy atom. The predicted molar refractivity (Wildman–Crippen MR) is 68.7 cm³/mol. The van der Waals surface area contributed by atoms with Crippen LogP contribution in [0.5, 0.6) is 0 Å². The standard InChI is InChI=1S/C13H25N3O/c1-10(14)13(17)16(11-6-7-11)9-12-5-3-4-8-15(12)2/h10-12H,3-9,14H2,1-2H3/t10-,12+/m0/s1. The highest BCUT2D eigenvalue weighted by Gasteiger charge is 2.36. The second kappa shape index (κ2) is 5.36. The van der Waals surface area contributed by atoms with Crippen molar-refractivity contribution in [1.82, 2.24) is 9.80 Å². The maximum absolute atomic E-state index is 12.1. The number of likely N-dealkylation sites (tertiary alicyclic amines) is 1. The molecule has 98 valence electrons. The molecule has 1 saturated carbocycles. The Balaban J connectivity index is 1.94. The lowest BCUT2D eigenvalue weighted by atomic mass is 10.0. The number of carbonyl (C=O) groups excluding carboxylic acids is 1. The van der Waals surface area contributed by atoms with E-state index in [1.54, 1.807) is 6.92 Å². The first kappa shape index (κ1) is 12.8. The Hall–Kier alpha value is -0.610. The van der Waals surface area contributed by atoms with Crippen LogP contribution in [0.15, 0.2) is 0 Å². The number of amides is 1. The van der Waals surface area contributed by atoms with Crippen molar-refractivity contribution < 1.29 is 4.79 Å². The third kappa shape index (κ3) is 3.19. The van der Waals surface area contributed by atoms with E-state index in [0.29, 0.717) is 12.1 Å². The van der Waals surface area contributed by atoms with Crippen LogP contribution in [0.4, 0.5) is 0 Å². The van der Waals surface area contributed by atoms with Crippen molar-refractivity contribution in [3.63, 3.8) is 0 Å². The molecule has 0 aromatic rings. The van der Waals surface area contributed by atoms with Gasteiger partial charge in [0.05, 0.1) is 6.04 Å². The second-order valence-electron chi connectivity index (χ2n) is 5.64. The highest BCUT2D eigenvalue weighted by Crippen LogP contribution is 2.29. The van der Waals surface area contributed by atoms with Gasteiger partial charge in [-0.3, -0.25) is 4.79 Å². The highest BCUT2D eigenvalue weighted by atomic mass is 16.2. The molecule has 4 nitrogen and oxygen atoms in total. The largest absolute Gasteiger partial charge is 0.337 e. The van der Waals surface area contributed by atoms with Crippen LogP contribution in [-0.2, 0) is 4.79 Å². The first-order chi connectivity index (χ1) is 8.09. The van der Waals surface area contributed by atoms with E-state index >= 15 is 0 Å². The maximum Gasteiger partial charge on any atom is 0.239 e. The molecule has 4 heteroatoms.